The fourth-order valence-corrected chi connectivity index (χ4v) is 3.54. The molecule has 1 N–H and O–H groups in total. The van der Waals surface area contributed by atoms with E-state index in [2.05, 4.69) is 45.1 Å². The zero-order chi connectivity index (χ0) is 13.9. The Labute approximate surface area is 121 Å². The van der Waals surface area contributed by atoms with Gasteiger partial charge in [-0.25, -0.2) is 0 Å². The van der Waals surface area contributed by atoms with Crippen molar-refractivity contribution in [2.45, 2.75) is 58.5 Å². The summed E-state index contributed by atoms with van der Waals surface area (Å²) >= 11 is 1.94. The molecule has 1 aliphatic heterocycles. The highest BCUT2D eigenvalue weighted by Crippen LogP contribution is 2.29. The van der Waals surface area contributed by atoms with E-state index in [-0.39, 0.29) is 5.41 Å². The van der Waals surface area contributed by atoms with Crippen molar-refractivity contribution in [1.29, 1.82) is 0 Å². The van der Waals surface area contributed by atoms with Crippen LogP contribution in [0.15, 0.2) is 12.1 Å². The molecule has 108 valence electrons. The molecule has 1 aliphatic rings. The van der Waals surface area contributed by atoms with Crippen molar-refractivity contribution >= 4 is 11.3 Å². The van der Waals surface area contributed by atoms with Crippen molar-refractivity contribution in [3.05, 3.63) is 21.9 Å². The molecule has 3 heteroatoms. The molecule has 0 bridgehead atoms. The van der Waals surface area contributed by atoms with Crippen molar-refractivity contribution in [1.82, 2.24) is 5.32 Å². The smallest absolute Gasteiger partial charge is 0.0469 e. The molecular weight excluding hydrogens is 254 g/mol. The molecule has 1 aromatic rings. The first-order valence-corrected chi connectivity index (χ1v) is 8.19. The Bertz CT molecular complexity index is 388. The third-order valence-electron chi connectivity index (χ3n) is 3.97. The highest BCUT2D eigenvalue weighted by Gasteiger charge is 2.20. The van der Waals surface area contributed by atoms with Crippen molar-refractivity contribution in [2.75, 3.05) is 13.2 Å². The molecule has 1 fully saturated rings. The molecule has 0 aromatic carbocycles. The van der Waals surface area contributed by atoms with E-state index in [1.54, 1.807) is 0 Å². The van der Waals surface area contributed by atoms with Gasteiger partial charge in [-0.05, 0) is 43.2 Å². The number of nitrogens with one attached hydrogen (secondary N) is 1. The van der Waals surface area contributed by atoms with Crippen LogP contribution in [0.1, 0.15) is 50.3 Å². The Morgan fingerprint density at radius 3 is 2.58 bits per heavy atom. The second kappa shape index (κ2) is 6.38. The predicted molar refractivity (Wildman–Crippen MR) is 82.9 cm³/mol. The second-order valence-electron chi connectivity index (χ2n) is 6.64. The third-order valence-corrected chi connectivity index (χ3v) is 5.48. The molecule has 2 nitrogen and oxygen atoms in total. The van der Waals surface area contributed by atoms with E-state index in [4.69, 9.17) is 4.74 Å². The summed E-state index contributed by atoms with van der Waals surface area (Å²) in [6, 6.07) is 5.14. The van der Waals surface area contributed by atoms with E-state index in [0.29, 0.717) is 6.04 Å². The minimum absolute atomic E-state index is 0.273. The van der Waals surface area contributed by atoms with Gasteiger partial charge in [0.25, 0.3) is 0 Å². The van der Waals surface area contributed by atoms with Gasteiger partial charge in [-0.1, -0.05) is 20.8 Å². The van der Waals surface area contributed by atoms with E-state index in [1.807, 2.05) is 11.3 Å². The number of hydrogen-bond donors (Lipinski definition) is 1. The summed E-state index contributed by atoms with van der Waals surface area (Å²) in [5.41, 5.74) is 0.273. The lowest BCUT2D eigenvalue weighted by molar-refractivity contribution is 0.0558. The lowest BCUT2D eigenvalue weighted by Crippen LogP contribution is -2.36. The van der Waals surface area contributed by atoms with Crippen LogP contribution in [0.2, 0.25) is 0 Å². The quantitative estimate of drug-likeness (QED) is 0.902. The van der Waals surface area contributed by atoms with Crippen LogP contribution in [0.25, 0.3) is 0 Å². The topological polar surface area (TPSA) is 21.3 Å². The lowest BCUT2D eigenvalue weighted by Gasteiger charge is -2.28. The first-order chi connectivity index (χ1) is 8.97. The van der Waals surface area contributed by atoms with Crippen molar-refractivity contribution < 1.29 is 4.74 Å². The monoisotopic (exact) mass is 281 g/mol. The summed E-state index contributed by atoms with van der Waals surface area (Å²) in [5, 5.41) is 3.69. The SMILES string of the molecule is CC(NCc1ccc(C(C)(C)C)s1)C1CCOCC1. The van der Waals surface area contributed by atoms with Crippen LogP contribution < -0.4 is 5.32 Å². The van der Waals surface area contributed by atoms with E-state index in [9.17, 15) is 0 Å². The number of rotatable bonds is 4. The van der Waals surface area contributed by atoms with E-state index >= 15 is 0 Å². The maximum absolute atomic E-state index is 5.43. The molecule has 2 heterocycles. The van der Waals surface area contributed by atoms with Gasteiger partial charge in [0.15, 0.2) is 0 Å². The molecule has 0 aliphatic carbocycles. The van der Waals surface area contributed by atoms with Crippen molar-refractivity contribution in [3.8, 4) is 0 Å². The van der Waals surface area contributed by atoms with Gasteiger partial charge in [-0.2, -0.15) is 0 Å². The van der Waals surface area contributed by atoms with Crippen LogP contribution in [-0.4, -0.2) is 19.3 Å². The number of thiophene rings is 1. The minimum Gasteiger partial charge on any atom is -0.381 e. The standard InChI is InChI=1S/C16H27NOS/c1-12(13-7-9-18-10-8-13)17-11-14-5-6-15(19-14)16(2,3)4/h5-6,12-13,17H,7-11H2,1-4H3. The molecular formula is C16H27NOS. The Morgan fingerprint density at radius 1 is 1.32 bits per heavy atom. The zero-order valence-corrected chi connectivity index (χ0v) is 13.5. The third kappa shape index (κ3) is 4.30. The molecule has 19 heavy (non-hydrogen) atoms. The average Bonchev–Trinajstić information content (AvgIpc) is 2.86. The predicted octanol–water partition coefficient (Wildman–Crippen LogP) is 3.95. The van der Waals surface area contributed by atoms with Gasteiger partial charge < -0.3 is 10.1 Å². The maximum Gasteiger partial charge on any atom is 0.0469 e. The molecule has 1 saturated heterocycles. The summed E-state index contributed by atoms with van der Waals surface area (Å²) in [5.74, 6) is 0.774. The molecule has 0 amide bonds. The van der Waals surface area contributed by atoms with Gasteiger partial charge >= 0.3 is 0 Å². The highest BCUT2D eigenvalue weighted by atomic mass is 32.1. The number of ether oxygens (including phenoxy) is 1. The van der Waals surface area contributed by atoms with E-state index in [1.165, 1.54) is 22.6 Å². The van der Waals surface area contributed by atoms with Gasteiger partial charge in [0.2, 0.25) is 0 Å². The van der Waals surface area contributed by atoms with Gasteiger partial charge in [-0.3, -0.25) is 0 Å². The van der Waals surface area contributed by atoms with Gasteiger partial charge in [0, 0.05) is 35.6 Å². The molecule has 2 rings (SSSR count). The molecule has 0 spiro atoms. The Morgan fingerprint density at radius 2 is 2.00 bits per heavy atom. The molecule has 0 radical (unpaired) electrons. The summed E-state index contributed by atoms with van der Waals surface area (Å²) in [4.78, 5) is 2.92. The van der Waals surface area contributed by atoms with Crippen molar-refractivity contribution in [3.63, 3.8) is 0 Å². The minimum atomic E-state index is 0.273. The fourth-order valence-electron chi connectivity index (χ4n) is 2.52. The largest absolute Gasteiger partial charge is 0.381 e. The summed E-state index contributed by atoms with van der Waals surface area (Å²) in [7, 11) is 0. The van der Waals surface area contributed by atoms with Crippen LogP contribution in [0, 0.1) is 5.92 Å². The summed E-state index contributed by atoms with van der Waals surface area (Å²) in [6.07, 6.45) is 2.40. The van der Waals surface area contributed by atoms with Crippen LogP contribution in [-0.2, 0) is 16.7 Å². The Kier molecular flexibility index (Phi) is 5.04. The second-order valence-corrected chi connectivity index (χ2v) is 7.80. The van der Waals surface area contributed by atoms with Crippen LogP contribution >= 0.6 is 11.3 Å². The first-order valence-electron chi connectivity index (χ1n) is 7.37. The van der Waals surface area contributed by atoms with Gasteiger partial charge in [-0.15, -0.1) is 11.3 Å². The van der Waals surface area contributed by atoms with Crippen LogP contribution in [0.4, 0.5) is 0 Å². The van der Waals surface area contributed by atoms with Gasteiger partial charge in [0.1, 0.15) is 0 Å². The highest BCUT2D eigenvalue weighted by molar-refractivity contribution is 7.12. The van der Waals surface area contributed by atoms with Crippen LogP contribution in [0.5, 0.6) is 0 Å². The number of hydrogen-bond acceptors (Lipinski definition) is 3. The maximum atomic E-state index is 5.43. The van der Waals surface area contributed by atoms with Crippen LogP contribution in [0.3, 0.4) is 0 Å². The van der Waals surface area contributed by atoms with E-state index < -0.39 is 0 Å². The molecule has 1 aromatic heterocycles. The normalized spacial score (nSPS) is 19.6. The Hall–Kier alpha value is -0.380. The fraction of sp³-hybridized carbons (Fsp3) is 0.750. The molecule has 0 saturated carbocycles. The zero-order valence-electron chi connectivity index (χ0n) is 12.7. The molecule has 1 unspecified atom stereocenters. The summed E-state index contributed by atoms with van der Waals surface area (Å²) < 4.78 is 5.43. The first kappa shape index (κ1) is 15.0. The average molecular weight is 281 g/mol. The van der Waals surface area contributed by atoms with Gasteiger partial charge in [0.05, 0.1) is 0 Å². The summed E-state index contributed by atoms with van der Waals surface area (Å²) in [6.45, 7) is 12.0. The Balaban J connectivity index is 1.83. The lowest BCUT2D eigenvalue weighted by atomic mass is 9.93. The van der Waals surface area contributed by atoms with E-state index in [0.717, 1.165) is 25.7 Å². The van der Waals surface area contributed by atoms with Crippen molar-refractivity contribution in [2.24, 2.45) is 5.92 Å². The molecule has 1 atom stereocenters.